The van der Waals surface area contributed by atoms with Crippen LogP contribution in [0.2, 0.25) is 0 Å². The molecule has 3 atom stereocenters. The fraction of sp³-hybridized carbons (Fsp3) is 0.647. The molecular weight excluding hydrogens is 248 g/mol. The van der Waals surface area contributed by atoms with Gasteiger partial charge in [-0.25, -0.2) is 0 Å². The van der Waals surface area contributed by atoms with Crippen LogP contribution in [0.5, 0.6) is 0 Å². The summed E-state index contributed by atoms with van der Waals surface area (Å²) in [7, 11) is 0. The first-order chi connectivity index (χ1) is 9.70. The van der Waals surface area contributed by atoms with Gasteiger partial charge >= 0.3 is 0 Å². The topological polar surface area (TPSA) is 24.5 Å². The van der Waals surface area contributed by atoms with E-state index in [0.717, 1.165) is 32.8 Å². The van der Waals surface area contributed by atoms with Gasteiger partial charge in [-0.1, -0.05) is 44.2 Å². The molecule has 1 fully saturated rings. The Balaban J connectivity index is 1.98. The lowest BCUT2D eigenvalue weighted by Crippen LogP contribution is -2.44. The summed E-state index contributed by atoms with van der Waals surface area (Å²) >= 11 is 0. The number of hydrogen-bond acceptors (Lipinski definition) is 3. The Morgan fingerprint density at radius 2 is 2.10 bits per heavy atom. The van der Waals surface area contributed by atoms with Crippen LogP contribution in [0.25, 0.3) is 0 Å². The molecule has 3 unspecified atom stereocenters. The van der Waals surface area contributed by atoms with Crippen molar-refractivity contribution in [3.8, 4) is 0 Å². The average molecular weight is 276 g/mol. The van der Waals surface area contributed by atoms with E-state index in [1.807, 2.05) is 0 Å². The molecular formula is C17H28N2O. The summed E-state index contributed by atoms with van der Waals surface area (Å²) in [5, 5.41) is 3.64. The highest BCUT2D eigenvalue weighted by Gasteiger charge is 2.23. The van der Waals surface area contributed by atoms with E-state index in [9.17, 15) is 0 Å². The first kappa shape index (κ1) is 15.5. The van der Waals surface area contributed by atoms with Gasteiger partial charge in [-0.15, -0.1) is 0 Å². The van der Waals surface area contributed by atoms with Gasteiger partial charge < -0.3 is 10.1 Å². The predicted molar refractivity (Wildman–Crippen MR) is 83.9 cm³/mol. The van der Waals surface area contributed by atoms with E-state index in [1.54, 1.807) is 0 Å². The van der Waals surface area contributed by atoms with Crippen LogP contribution in [-0.4, -0.2) is 43.8 Å². The smallest absolute Gasteiger partial charge is 0.0674 e. The Hall–Kier alpha value is -0.900. The van der Waals surface area contributed by atoms with E-state index < -0.39 is 0 Å². The molecule has 1 saturated heterocycles. The van der Waals surface area contributed by atoms with E-state index >= 15 is 0 Å². The van der Waals surface area contributed by atoms with Crippen molar-refractivity contribution in [1.29, 1.82) is 0 Å². The number of hydrogen-bond donors (Lipinski definition) is 1. The van der Waals surface area contributed by atoms with Crippen LogP contribution in [0, 0.1) is 5.92 Å². The Kier molecular flexibility index (Phi) is 6.02. The van der Waals surface area contributed by atoms with Crippen molar-refractivity contribution in [2.45, 2.75) is 32.9 Å². The molecule has 0 spiro atoms. The van der Waals surface area contributed by atoms with Crippen molar-refractivity contribution in [2.75, 3.05) is 32.8 Å². The van der Waals surface area contributed by atoms with Crippen molar-refractivity contribution < 1.29 is 4.74 Å². The predicted octanol–water partition coefficient (Wildman–Crippen LogP) is 2.69. The third-order valence-electron chi connectivity index (χ3n) is 4.02. The van der Waals surface area contributed by atoms with Crippen molar-refractivity contribution in [3.05, 3.63) is 35.9 Å². The quantitative estimate of drug-likeness (QED) is 0.864. The highest BCUT2D eigenvalue weighted by atomic mass is 16.5. The zero-order chi connectivity index (χ0) is 14.4. The summed E-state index contributed by atoms with van der Waals surface area (Å²) < 4.78 is 5.62. The van der Waals surface area contributed by atoms with Crippen LogP contribution in [-0.2, 0) is 4.74 Å². The van der Waals surface area contributed by atoms with Crippen LogP contribution in [0.3, 0.4) is 0 Å². The Labute approximate surface area is 123 Å². The highest BCUT2D eigenvalue weighted by molar-refractivity contribution is 5.19. The molecule has 3 nitrogen and oxygen atoms in total. The number of ether oxygens (including phenoxy) is 1. The maximum Gasteiger partial charge on any atom is 0.0674 e. The normalized spacial score (nSPS) is 23.4. The lowest BCUT2D eigenvalue weighted by Gasteiger charge is -2.35. The van der Waals surface area contributed by atoms with Crippen LogP contribution < -0.4 is 5.32 Å². The van der Waals surface area contributed by atoms with Crippen LogP contribution in [0.4, 0.5) is 0 Å². The van der Waals surface area contributed by atoms with Gasteiger partial charge in [-0.3, -0.25) is 4.90 Å². The van der Waals surface area contributed by atoms with Gasteiger partial charge in [0.2, 0.25) is 0 Å². The molecule has 1 N–H and O–H groups in total. The average Bonchev–Trinajstić information content (AvgIpc) is 2.45. The summed E-state index contributed by atoms with van der Waals surface area (Å²) in [6.07, 6.45) is 0.366. The molecule has 0 radical (unpaired) electrons. The SMILES string of the molecule is CCNC(c1ccccc1)C(C)CN1CCOC(C)C1. The lowest BCUT2D eigenvalue weighted by molar-refractivity contribution is -0.0239. The van der Waals surface area contributed by atoms with Gasteiger partial charge in [-0.2, -0.15) is 0 Å². The number of nitrogens with one attached hydrogen (secondary N) is 1. The lowest BCUT2D eigenvalue weighted by atomic mass is 9.93. The maximum absolute atomic E-state index is 5.62. The van der Waals surface area contributed by atoms with Crippen LogP contribution in [0.15, 0.2) is 30.3 Å². The van der Waals surface area contributed by atoms with Crippen LogP contribution >= 0.6 is 0 Å². The van der Waals surface area contributed by atoms with Gasteiger partial charge in [-0.05, 0) is 24.9 Å². The molecule has 0 aromatic heterocycles. The summed E-state index contributed by atoms with van der Waals surface area (Å²) in [5.74, 6) is 0.586. The molecule has 0 saturated carbocycles. The molecule has 0 amide bonds. The summed E-state index contributed by atoms with van der Waals surface area (Å²) in [5.41, 5.74) is 1.39. The molecule has 1 aliphatic rings. The first-order valence-corrected chi connectivity index (χ1v) is 7.83. The second-order valence-corrected chi connectivity index (χ2v) is 5.86. The second kappa shape index (κ2) is 7.77. The highest BCUT2D eigenvalue weighted by Crippen LogP contribution is 2.23. The molecule has 2 rings (SSSR count). The van der Waals surface area contributed by atoms with Gasteiger partial charge in [0, 0.05) is 25.7 Å². The number of rotatable bonds is 6. The van der Waals surface area contributed by atoms with Crippen molar-refractivity contribution in [3.63, 3.8) is 0 Å². The van der Waals surface area contributed by atoms with E-state index in [-0.39, 0.29) is 0 Å². The van der Waals surface area contributed by atoms with E-state index in [4.69, 9.17) is 4.74 Å². The van der Waals surface area contributed by atoms with E-state index in [1.165, 1.54) is 5.56 Å². The molecule has 20 heavy (non-hydrogen) atoms. The minimum atomic E-state index is 0.366. The molecule has 3 heteroatoms. The third-order valence-corrected chi connectivity index (χ3v) is 4.02. The molecule has 1 aromatic rings. The summed E-state index contributed by atoms with van der Waals surface area (Å²) in [4.78, 5) is 2.53. The standard InChI is InChI=1S/C17H28N2O/c1-4-18-17(16-8-6-5-7-9-16)14(2)12-19-10-11-20-15(3)13-19/h5-9,14-15,17-18H,4,10-13H2,1-3H3. The van der Waals surface area contributed by atoms with E-state index in [0.29, 0.717) is 18.1 Å². The van der Waals surface area contributed by atoms with Crippen molar-refractivity contribution >= 4 is 0 Å². The van der Waals surface area contributed by atoms with Crippen LogP contribution in [0.1, 0.15) is 32.4 Å². The van der Waals surface area contributed by atoms with Gasteiger partial charge in [0.1, 0.15) is 0 Å². The zero-order valence-corrected chi connectivity index (χ0v) is 13.0. The fourth-order valence-corrected chi connectivity index (χ4v) is 3.10. The molecule has 1 aliphatic heterocycles. The van der Waals surface area contributed by atoms with Gasteiger partial charge in [0.25, 0.3) is 0 Å². The summed E-state index contributed by atoms with van der Waals surface area (Å²) in [6.45, 7) is 11.8. The van der Waals surface area contributed by atoms with E-state index in [2.05, 4.69) is 61.3 Å². The Morgan fingerprint density at radius 1 is 1.35 bits per heavy atom. The molecule has 1 aromatic carbocycles. The second-order valence-electron chi connectivity index (χ2n) is 5.86. The maximum atomic E-state index is 5.62. The first-order valence-electron chi connectivity index (χ1n) is 7.83. The fourth-order valence-electron chi connectivity index (χ4n) is 3.10. The Bertz CT molecular complexity index is 382. The van der Waals surface area contributed by atoms with Crippen molar-refractivity contribution in [1.82, 2.24) is 10.2 Å². The van der Waals surface area contributed by atoms with Gasteiger partial charge in [0.05, 0.1) is 12.7 Å². The number of morpholine rings is 1. The zero-order valence-electron chi connectivity index (χ0n) is 13.0. The minimum absolute atomic E-state index is 0.366. The number of nitrogens with zero attached hydrogens (tertiary/aromatic N) is 1. The molecule has 0 bridgehead atoms. The summed E-state index contributed by atoms with van der Waals surface area (Å²) in [6, 6.07) is 11.2. The largest absolute Gasteiger partial charge is 0.376 e. The monoisotopic (exact) mass is 276 g/mol. The third kappa shape index (κ3) is 4.30. The Morgan fingerprint density at radius 3 is 2.75 bits per heavy atom. The molecule has 0 aliphatic carbocycles. The number of benzene rings is 1. The molecule has 1 heterocycles. The van der Waals surface area contributed by atoms with Crippen molar-refractivity contribution in [2.24, 2.45) is 5.92 Å². The minimum Gasteiger partial charge on any atom is -0.376 e. The van der Waals surface area contributed by atoms with Gasteiger partial charge in [0.15, 0.2) is 0 Å². The molecule has 112 valence electrons.